The van der Waals surface area contributed by atoms with Gasteiger partial charge in [0, 0.05) is 35.8 Å². The topological polar surface area (TPSA) is 87.2 Å². The van der Waals surface area contributed by atoms with E-state index in [0.29, 0.717) is 21.8 Å². The van der Waals surface area contributed by atoms with Gasteiger partial charge >= 0.3 is 0 Å². The van der Waals surface area contributed by atoms with Crippen LogP contribution in [0.1, 0.15) is 31.2 Å². The second kappa shape index (κ2) is 9.87. The minimum absolute atomic E-state index is 0.0984. The van der Waals surface area contributed by atoms with Crippen molar-refractivity contribution in [1.82, 2.24) is 15.5 Å². The molecular formula is C22H26ClN5O2S. The summed E-state index contributed by atoms with van der Waals surface area (Å²) in [5, 5.41) is 15.9. The van der Waals surface area contributed by atoms with Crippen LogP contribution in [-0.4, -0.2) is 46.9 Å². The van der Waals surface area contributed by atoms with Gasteiger partial charge in [-0.25, -0.2) is 0 Å². The normalized spacial score (nSPS) is 16.8. The lowest BCUT2D eigenvalue weighted by Gasteiger charge is -2.31. The summed E-state index contributed by atoms with van der Waals surface area (Å²) in [6.45, 7) is 3.47. The van der Waals surface area contributed by atoms with Crippen LogP contribution in [0.5, 0.6) is 0 Å². The number of aromatic nitrogens is 2. The summed E-state index contributed by atoms with van der Waals surface area (Å²) in [7, 11) is 0. The summed E-state index contributed by atoms with van der Waals surface area (Å²) in [5.41, 5.74) is 1.56. The van der Waals surface area contributed by atoms with Crippen LogP contribution in [-0.2, 0) is 9.59 Å². The highest BCUT2D eigenvalue weighted by atomic mass is 35.5. The first-order valence-corrected chi connectivity index (χ1v) is 11.9. The number of amides is 2. The Kier molecular flexibility index (Phi) is 6.97. The van der Waals surface area contributed by atoms with E-state index in [0.717, 1.165) is 50.2 Å². The summed E-state index contributed by atoms with van der Waals surface area (Å²) in [4.78, 5) is 26.6. The zero-order valence-corrected chi connectivity index (χ0v) is 19.0. The van der Waals surface area contributed by atoms with E-state index < -0.39 is 0 Å². The monoisotopic (exact) mass is 459 g/mol. The largest absolute Gasteiger partial charge is 0.355 e. The summed E-state index contributed by atoms with van der Waals surface area (Å²) in [6, 6.07) is 9.67. The molecule has 2 aromatic rings. The molecule has 0 bridgehead atoms. The maximum absolute atomic E-state index is 12.3. The van der Waals surface area contributed by atoms with Crippen LogP contribution in [0.25, 0.3) is 0 Å². The lowest BCUT2D eigenvalue weighted by atomic mass is 9.96. The number of piperidine rings is 1. The second-order valence-electron chi connectivity index (χ2n) is 8.02. The first-order valence-electron chi connectivity index (χ1n) is 10.6. The van der Waals surface area contributed by atoms with Crippen molar-refractivity contribution >= 4 is 46.7 Å². The Labute approximate surface area is 191 Å². The van der Waals surface area contributed by atoms with Gasteiger partial charge in [-0.3, -0.25) is 9.59 Å². The number of thioether (sulfide) groups is 1. The average Bonchev–Trinajstić information content (AvgIpc) is 3.60. The van der Waals surface area contributed by atoms with Crippen molar-refractivity contribution in [2.24, 2.45) is 5.92 Å². The van der Waals surface area contributed by atoms with E-state index in [-0.39, 0.29) is 23.5 Å². The van der Waals surface area contributed by atoms with E-state index in [2.05, 4.69) is 25.7 Å². The Bertz CT molecular complexity index is 943. The van der Waals surface area contributed by atoms with Crippen molar-refractivity contribution in [3.05, 3.63) is 40.9 Å². The Morgan fingerprint density at radius 2 is 1.90 bits per heavy atom. The summed E-state index contributed by atoms with van der Waals surface area (Å²) >= 11 is 7.44. The van der Waals surface area contributed by atoms with Crippen LogP contribution in [0.3, 0.4) is 0 Å². The van der Waals surface area contributed by atoms with Crippen molar-refractivity contribution in [3.63, 3.8) is 0 Å². The molecule has 0 unspecified atom stereocenters. The number of hydrogen-bond acceptors (Lipinski definition) is 6. The molecule has 1 saturated heterocycles. The number of halogens is 1. The molecule has 1 aromatic carbocycles. The molecule has 0 atom stereocenters. The first-order chi connectivity index (χ1) is 15.0. The van der Waals surface area contributed by atoms with Gasteiger partial charge in [-0.1, -0.05) is 29.4 Å². The van der Waals surface area contributed by atoms with Gasteiger partial charge in [-0.05, 0) is 62.4 Å². The Morgan fingerprint density at radius 1 is 1.13 bits per heavy atom. The number of rotatable bonds is 7. The highest BCUT2D eigenvalue weighted by Crippen LogP contribution is 2.26. The smallest absolute Gasteiger partial charge is 0.234 e. The third-order valence-electron chi connectivity index (χ3n) is 5.63. The van der Waals surface area contributed by atoms with E-state index in [1.807, 2.05) is 31.2 Å². The number of nitrogens with zero attached hydrogens (tertiary/aromatic N) is 3. The van der Waals surface area contributed by atoms with E-state index in [9.17, 15) is 9.59 Å². The lowest BCUT2D eigenvalue weighted by molar-refractivity contribution is -0.125. The SMILES string of the molecule is Cc1c(Cl)cccc1NC(=O)CSc1ccc(N2CCC(C(=O)NC3CC3)CC2)nn1. The molecule has 164 valence electrons. The molecule has 2 heterocycles. The third-order valence-corrected chi connectivity index (χ3v) is 6.96. The number of carbonyl (C=O) groups excluding carboxylic acids is 2. The van der Waals surface area contributed by atoms with E-state index in [4.69, 9.17) is 11.6 Å². The molecule has 1 aliphatic carbocycles. The maximum atomic E-state index is 12.3. The van der Waals surface area contributed by atoms with Gasteiger partial charge in [0.05, 0.1) is 5.75 Å². The van der Waals surface area contributed by atoms with Gasteiger partial charge < -0.3 is 15.5 Å². The van der Waals surface area contributed by atoms with Gasteiger partial charge in [0.2, 0.25) is 11.8 Å². The molecule has 4 rings (SSSR count). The second-order valence-corrected chi connectivity index (χ2v) is 9.43. The number of anilines is 2. The fraction of sp³-hybridized carbons (Fsp3) is 0.455. The lowest BCUT2D eigenvalue weighted by Crippen LogP contribution is -2.41. The van der Waals surface area contributed by atoms with Gasteiger partial charge in [0.15, 0.2) is 5.82 Å². The molecule has 1 aliphatic heterocycles. The van der Waals surface area contributed by atoms with E-state index >= 15 is 0 Å². The highest BCUT2D eigenvalue weighted by molar-refractivity contribution is 7.99. The van der Waals surface area contributed by atoms with Crippen molar-refractivity contribution in [2.45, 2.75) is 43.7 Å². The number of hydrogen-bond donors (Lipinski definition) is 2. The fourth-order valence-corrected chi connectivity index (χ4v) is 4.33. The van der Waals surface area contributed by atoms with Crippen LogP contribution in [0.2, 0.25) is 5.02 Å². The minimum atomic E-state index is -0.118. The molecule has 31 heavy (non-hydrogen) atoms. The minimum Gasteiger partial charge on any atom is -0.355 e. The van der Waals surface area contributed by atoms with Crippen LogP contribution in [0, 0.1) is 12.8 Å². The van der Waals surface area contributed by atoms with Crippen LogP contribution >= 0.6 is 23.4 Å². The fourth-order valence-electron chi connectivity index (χ4n) is 3.54. The molecule has 2 amide bonds. The van der Waals surface area contributed by atoms with Crippen LogP contribution in [0.15, 0.2) is 35.4 Å². The summed E-state index contributed by atoms with van der Waals surface area (Å²) in [6.07, 6.45) is 3.90. The zero-order valence-electron chi connectivity index (χ0n) is 17.4. The van der Waals surface area contributed by atoms with Crippen molar-refractivity contribution in [2.75, 3.05) is 29.1 Å². The summed E-state index contributed by atoms with van der Waals surface area (Å²) < 4.78 is 0. The van der Waals surface area contributed by atoms with Crippen molar-refractivity contribution in [1.29, 1.82) is 0 Å². The number of nitrogens with one attached hydrogen (secondary N) is 2. The molecular weight excluding hydrogens is 434 g/mol. The summed E-state index contributed by atoms with van der Waals surface area (Å²) in [5.74, 6) is 1.23. The highest BCUT2D eigenvalue weighted by Gasteiger charge is 2.30. The number of carbonyl (C=O) groups is 2. The van der Waals surface area contributed by atoms with Gasteiger partial charge in [0.1, 0.15) is 5.03 Å². The molecule has 0 radical (unpaired) electrons. The maximum Gasteiger partial charge on any atom is 0.234 e. The number of benzene rings is 1. The van der Waals surface area contributed by atoms with Gasteiger partial charge in [-0.2, -0.15) is 0 Å². The third kappa shape index (κ3) is 5.89. The Balaban J connectivity index is 1.23. The van der Waals surface area contributed by atoms with Crippen LogP contribution < -0.4 is 15.5 Å². The zero-order chi connectivity index (χ0) is 21.8. The van der Waals surface area contributed by atoms with Crippen molar-refractivity contribution in [3.8, 4) is 0 Å². The van der Waals surface area contributed by atoms with Gasteiger partial charge in [0.25, 0.3) is 0 Å². The molecule has 1 saturated carbocycles. The molecule has 2 fully saturated rings. The van der Waals surface area contributed by atoms with Crippen LogP contribution in [0.4, 0.5) is 11.5 Å². The van der Waals surface area contributed by atoms with E-state index in [1.54, 1.807) is 6.07 Å². The first kappa shape index (κ1) is 21.9. The quantitative estimate of drug-likeness (QED) is 0.614. The Morgan fingerprint density at radius 3 is 2.58 bits per heavy atom. The van der Waals surface area contributed by atoms with Gasteiger partial charge in [-0.15, -0.1) is 10.2 Å². The molecule has 1 aromatic heterocycles. The molecule has 0 spiro atoms. The van der Waals surface area contributed by atoms with E-state index in [1.165, 1.54) is 11.8 Å². The molecule has 9 heteroatoms. The Hall–Kier alpha value is -2.32. The average molecular weight is 460 g/mol. The molecule has 7 nitrogen and oxygen atoms in total. The van der Waals surface area contributed by atoms with Crippen molar-refractivity contribution < 1.29 is 9.59 Å². The predicted molar refractivity (Wildman–Crippen MR) is 124 cm³/mol. The standard InChI is InChI=1S/C22H26ClN5O2S/c1-14-17(23)3-2-4-18(14)25-20(29)13-31-21-8-7-19(26-27-21)28-11-9-15(10-12-28)22(30)24-16-5-6-16/h2-4,7-8,15-16H,5-6,9-13H2,1H3,(H,24,30)(H,25,29). The molecule has 2 aliphatic rings. The molecule has 2 N–H and O–H groups in total. The predicted octanol–water partition coefficient (Wildman–Crippen LogP) is 3.66.